The standard InChI is InChI=1S/C13H13ClN2O2S2/c14-11-6-12(8-15-7-11)20(17,18)16-4-1-2-13-10(9-16)3-5-19-13/h3,5-8H,1-2,4,9H2. The Bertz CT molecular complexity index is 727. The summed E-state index contributed by atoms with van der Waals surface area (Å²) in [5, 5.41) is 2.35. The molecule has 0 aliphatic carbocycles. The molecule has 7 heteroatoms. The molecule has 0 fully saturated rings. The number of aryl methyl sites for hydroxylation is 1. The summed E-state index contributed by atoms with van der Waals surface area (Å²) in [5.41, 5.74) is 1.10. The van der Waals surface area contributed by atoms with Gasteiger partial charge in [-0.2, -0.15) is 4.31 Å². The second-order valence-electron chi connectivity index (χ2n) is 4.65. The van der Waals surface area contributed by atoms with Gasteiger partial charge in [0.25, 0.3) is 0 Å². The van der Waals surface area contributed by atoms with Crippen LogP contribution in [0.5, 0.6) is 0 Å². The van der Waals surface area contributed by atoms with Gasteiger partial charge in [-0.3, -0.25) is 4.98 Å². The number of fused-ring (bicyclic) bond motifs is 1. The van der Waals surface area contributed by atoms with Crippen molar-refractivity contribution in [2.45, 2.75) is 24.3 Å². The maximum absolute atomic E-state index is 12.7. The average molecular weight is 329 g/mol. The van der Waals surface area contributed by atoms with E-state index >= 15 is 0 Å². The number of sulfonamides is 1. The Morgan fingerprint density at radius 3 is 3.00 bits per heavy atom. The van der Waals surface area contributed by atoms with Crippen LogP contribution >= 0.6 is 22.9 Å². The molecule has 2 aromatic heterocycles. The molecule has 3 heterocycles. The molecular weight excluding hydrogens is 316 g/mol. The molecule has 0 radical (unpaired) electrons. The van der Waals surface area contributed by atoms with Crippen molar-refractivity contribution in [2.24, 2.45) is 0 Å². The largest absolute Gasteiger partial charge is 0.262 e. The summed E-state index contributed by atoms with van der Waals surface area (Å²) in [6.07, 6.45) is 4.55. The van der Waals surface area contributed by atoms with Gasteiger partial charge in [-0.15, -0.1) is 11.3 Å². The molecule has 3 rings (SSSR count). The van der Waals surface area contributed by atoms with Crippen LogP contribution in [0.25, 0.3) is 0 Å². The van der Waals surface area contributed by atoms with Gasteiger partial charge in [0.05, 0.1) is 5.02 Å². The fourth-order valence-corrected chi connectivity index (χ4v) is 4.93. The average Bonchev–Trinajstić information content (AvgIpc) is 2.75. The van der Waals surface area contributed by atoms with Crippen molar-refractivity contribution < 1.29 is 8.42 Å². The molecule has 0 bridgehead atoms. The number of halogens is 1. The van der Waals surface area contributed by atoms with E-state index in [4.69, 9.17) is 11.6 Å². The summed E-state index contributed by atoms with van der Waals surface area (Å²) < 4.78 is 26.8. The molecule has 20 heavy (non-hydrogen) atoms. The summed E-state index contributed by atoms with van der Waals surface area (Å²) in [4.78, 5) is 5.31. The van der Waals surface area contributed by atoms with Gasteiger partial charge in [0.2, 0.25) is 10.0 Å². The Labute approximate surface area is 127 Å². The molecule has 2 aromatic rings. The van der Waals surface area contributed by atoms with E-state index in [1.165, 1.54) is 27.6 Å². The fraction of sp³-hybridized carbons (Fsp3) is 0.308. The van der Waals surface area contributed by atoms with Gasteiger partial charge in [0.1, 0.15) is 4.90 Å². The highest BCUT2D eigenvalue weighted by atomic mass is 35.5. The number of rotatable bonds is 2. The first kappa shape index (κ1) is 14.0. The molecule has 0 aromatic carbocycles. The number of hydrogen-bond acceptors (Lipinski definition) is 4. The highest BCUT2D eigenvalue weighted by Crippen LogP contribution is 2.27. The zero-order valence-electron chi connectivity index (χ0n) is 10.6. The molecule has 0 atom stereocenters. The quantitative estimate of drug-likeness (QED) is 0.851. The minimum atomic E-state index is -3.54. The first-order chi connectivity index (χ1) is 9.57. The minimum absolute atomic E-state index is 0.156. The van der Waals surface area contributed by atoms with Crippen LogP contribution in [-0.2, 0) is 23.0 Å². The summed E-state index contributed by atoms with van der Waals surface area (Å²) >= 11 is 7.54. The van der Waals surface area contributed by atoms with Crippen LogP contribution in [0, 0.1) is 0 Å². The predicted octanol–water partition coefficient (Wildman–Crippen LogP) is 2.93. The van der Waals surface area contributed by atoms with Crippen LogP contribution < -0.4 is 0 Å². The van der Waals surface area contributed by atoms with Crippen LogP contribution in [0.1, 0.15) is 16.9 Å². The lowest BCUT2D eigenvalue weighted by atomic mass is 10.2. The van der Waals surface area contributed by atoms with E-state index in [9.17, 15) is 8.42 Å². The molecule has 0 unspecified atom stereocenters. The maximum atomic E-state index is 12.7. The van der Waals surface area contributed by atoms with Crippen molar-refractivity contribution in [3.05, 3.63) is 45.4 Å². The van der Waals surface area contributed by atoms with Crippen molar-refractivity contribution in [3.8, 4) is 0 Å². The Morgan fingerprint density at radius 1 is 1.35 bits per heavy atom. The summed E-state index contributed by atoms with van der Waals surface area (Å²) in [7, 11) is -3.54. The fourth-order valence-electron chi connectivity index (χ4n) is 2.30. The number of thiophene rings is 1. The first-order valence-electron chi connectivity index (χ1n) is 6.23. The lowest BCUT2D eigenvalue weighted by Gasteiger charge is -2.20. The van der Waals surface area contributed by atoms with Crippen molar-refractivity contribution in [3.63, 3.8) is 0 Å². The highest BCUT2D eigenvalue weighted by molar-refractivity contribution is 7.89. The van der Waals surface area contributed by atoms with Gasteiger partial charge in [-0.05, 0) is 35.9 Å². The van der Waals surface area contributed by atoms with Crippen LogP contribution in [0.15, 0.2) is 34.8 Å². The summed E-state index contributed by atoms with van der Waals surface area (Å²) in [5.74, 6) is 0. The van der Waals surface area contributed by atoms with Crippen LogP contribution in [-0.4, -0.2) is 24.3 Å². The van der Waals surface area contributed by atoms with Gasteiger partial charge >= 0.3 is 0 Å². The number of aromatic nitrogens is 1. The van der Waals surface area contributed by atoms with Gasteiger partial charge in [0, 0.05) is 30.4 Å². The first-order valence-corrected chi connectivity index (χ1v) is 8.93. The smallest absolute Gasteiger partial charge is 0.244 e. The SMILES string of the molecule is O=S(=O)(c1cncc(Cl)c1)N1CCCc2sccc2C1. The monoisotopic (exact) mass is 328 g/mol. The summed E-state index contributed by atoms with van der Waals surface area (Å²) in [6.45, 7) is 0.948. The molecule has 0 amide bonds. The Balaban J connectivity index is 1.96. The second kappa shape index (κ2) is 5.44. The summed E-state index contributed by atoms with van der Waals surface area (Å²) in [6, 6.07) is 3.45. The van der Waals surface area contributed by atoms with Crippen LogP contribution in [0.4, 0.5) is 0 Å². The molecule has 0 saturated heterocycles. The molecule has 1 aliphatic heterocycles. The van der Waals surface area contributed by atoms with Gasteiger partial charge in [0.15, 0.2) is 0 Å². The maximum Gasteiger partial charge on any atom is 0.244 e. The lowest BCUT2D eigenvalue weighted by molar-refractivity contribution is 0.410. The Morgan fingerprint density at radius 2 is 2.20 bits per heavy atom. The molecule has 4 nitrogen and oxygen atoms in total. The Kier molecular flexibility index (Phi) is 3.81. The normalized spacial score (nSPS) is 16.6. The van der Waals surface area contributed by atoms with Crippen LogP contribution in [0.2, 0.25) is 5.02 Å². The van der Waals surface area contributed by atoms with E-state index < -0.39 is 10.0 Å². The van der Waals surface area contributed by atoms with Crippen molar-refractivity contribution in [1.29, 1.82) is 0 Å². The van der Waals surface area contributed by atoms with Crippen molar-refractivity contribution in [2.75, 3.05) is 6.54 Å². The second-order valence-corrected chi connectivity index (χ2v) is 8.03. The topological polar surface area (TPSA) is 50.3 Å². The van der Waals surface area contributed by atoms with E-state index in [0.717, 1.165) is 18.4 Å². The van der Waals surface area contributed by atoms with Gasteiger partial charge in [-0.1, -0.05) is 11.6 Å². The third-order valence-electron chi connectivity index (χ3n) is 3.31. The molecular formula is C13H13ClN2O2S2. The van der Waals surface area contributed by atoms with Crippen LogP contribution in [0.3, 0.4) is 0 Å². The molecule has 0 spiro atoms. The molecule has 1 aliphatic rings. The van der Waals surface area contributed by atoms with Gasteiger partial charge in [-0.25, -0.2) is 8.42 Å². The molecule has 0 saturated carbocycles. The number of hydrogen-bond donors (Lipinski definition) is 0. The minimum Gasteiger partial charge on any atom is -0.262 e. The lowest BCUT2D eigenvalue weighted by Crippen LogP contribution is -2.30. The number of pyridine rings is 1. The number of nitrogens with zero attached hydrogens (tertiary/aromatic N) is 2. The van der Waals surface area contributed by atoms with Crippen molar-refractivity contribution in [1.82, 2.24) is 9.29 Å². The Hall–Kier alpha value is -0.950. The van der Waals surface area contributed by atoms with Crippen molar-refractivity contribution >= 4 is 33.0 Å². The third kappa shape index (κ3) is 2.61. The van der Waals surface area contributed by atoms with E-state index in [2.05, 4.69) is 4.98 Å². The zero-order valence-corrected chi connectivity index (χ0v) is 13.0. The zero-order chi connectivity index (χ0) is 14.2. The molecule has 0 N–H and O–H groups in total. The van der Waals surface area contributed by atoms with E-state index in [0.29, 0.717) is 18.1 Å². The predicted molar refractivity (Wildman–Crippen MR) is 79.5 cm³/mol. The molecule has 106 valence electrons. The van der Waals surface area contributed by atoms with Gasteiger partial charge < -0.3 is 0 Å². The van der Waals surface area contributed by atoms with E-state index in [1.54, 1.807) is 11.3 Å². The van der Waals surface area contributed by atoms with E-state index in [-0.39, 0.29) is 4.90 Å². The van der Waals surface area contributed by atoms with E-state index in [1.807, 2.05) is 11.4 Å². The third-order valence-corrected chi connectivity index (χ3v) is 6.35. The highest BCUT2D eigenvalue weighted by Gasteiger charge is 2.27.